The first-order chi connectivity index (χ1) is 8.22. The van der Waals surface area contributed by atoms with Crippen LogP contribution in [-0.2, 0) is 0 Å². The number of nitrogens with one attached hydrogen (secondary N) is 2. The van der Waals surface area contributed by atoms with Crippen LogP contribution >= 0.6 is 11.8 Å². The number of halogens is 1. The molecule has 0 aliphatic carbocycles. The lowest BCUT2D eigenvalue weighted by atomic mass is 10.4. The molecule has 0 saturated heterocycles. The minimum Gasteiger partial charge on any atom is -0.395 e. The molecule has 1 aromatic rings. The number of carbonyl (C=O) groups is 1. The van der Waals surface area contributed by atoms with Crippen molar-refractivity contribution >= 4 is 17.8 Å². The van der Waals surface area contributed by atoms with E-state index >= 15 is 0 Å². The van der Waals surface area contributed by atoms with Gasteiger partial charge in [-0.2, -0.15) is 0 Å². The van der Waals surface area contributed by atoms with Crippen molar-refractivity contribution in [3.05, 3.63) is 30.1 Å². The van der Waals surface area contributed by atoms with Gasteiger partial charge in [0.1, 0.15) is 5.82 Å². The van der Waals surface area contributed by atoms with E-state index in [1.165, 1.54) is 23.9 Å². The normalized spacial score (nSPS) is 10.0. The zero-order valence-corrected chi connectivity index (χ0v) is 10.1. The van der Waals surface area contributed by atoms with Crippen LogP contribution in [0.3, 0.4) is 0 Å². The number of aliphatic hydroxyl groups is 1. The van der Waals surface area contributed by atoms with E-state index in [1.807, 2.05) is 0 Å². The van der Waals surface area contributed by atoms with E-state index in [2.05, 4.69) is 10.6 Å². The van der Waals surface area contributed by atoms with E-state index in [0.29, 0.717) is 12.3 Å². The lowest BCUT2D eigenvalue weighted by molar-refractivity contribution is 0.235. The fourth-order valence-electron chi connectivity index (χ4n) is 1.10. The van der Waals surface area contributed by atoms with Gasteiger partial charge in [0.05, 0.1) is 6.61 Å². The summed E-state index contributed by atoms with van der Waals surface area (Å²) < 4.78 is 12.6. The molecular formula is C11H15FN2O2S. The molecular weight excluding hydrogens is 243 g/mol. The zero-order valence-electron chi connectivity index (χ0n) is 9.28. The number of urea groups is 1. The van der Waals surface area contributed by atoms with E-state index in [0.717, 1.165) is 4.90 Å². The van der Waals surface area contributed by atoms with Crippen LogP contribution < -0.4 is 10.6 Å². The Bertz CT molecular complexity index is 346. The lowest BCUT2D eigenvalue weighted by Gasteiger charge is -2.06. The van der Waals surface area contributed by atoms with Gasteiger partial charge in [0, 0.05) is 23.7 Å². The maximum absolute atomic E-state index is 12.6. The smallest absolute Gasteiger partial charge is 0.314 e. The van der Waals surface area contributed by atoms with Crippen LogP contribution in [0, 0.1) is 5.82 Å². The predicted molar refractivity (Wildman–Crippen MR) is 65.6 cm³/mol. The van der Waals surface area contributed by atoms with Gasteiger partial charge in [-0.05, 0) is 24.3 Å². The van der Waals surface area contributed by atoms with Gasteiger partial charge in [-0.25, -0.2) is 9.18 Å². The SMILES string of the molecule is O=C(NCCO)NCCSc1ccc(F)cc1. The van der Waals surface area contributed by atoms with Crippen molar-refractivity contribution in [1.29, 1.82) is 0 Å². The molecule has 0 atom stereocenters. The molecule has 0 aliphatic heterocycles. The maximum Gasteiger partial charge on any atom is 0.314 e. The number of aliphatic hydroxyl groups excluding tert-OH is 1. The third kappa shape index (κ3) is 6.13. The summed E-state index contributed by atoms with van der Waals surface area (Å²) in [5.41, 5.74) is 0. The average molecular weight is 258 g/mol. The first-order valence-electron chi connectivity index (χ1n) is 5.23. The second kappa shape index (κ2) is 7.92. The highest BCUT2D eigenvalue weighted by Crippen LogP contribution is 2.16. The Labute approximate surface area is 104 Å². The quantitative estimate of drug-likeness (QED) is 0.531. The molecule has 0 spiro atoms. The predicted octanol–water partition coefficient (Wildman–Crippen LogP) is 1.21. The molecule has 17 heavy (non-hydrogen) atoms. The van der Waals surface area contributed by atoms with Gasteiger partial charge in [0.25, 0.3) is 0 Å². The summed E-state index contributed by atoms with van der Waals surface area (Å²) in [7, 11) is 0. The van der Waals surface area contributed by atoms with E-state index < -0.39 is 0 Å². The van der Waals surface area contributed by atoms with Crippen molar-refractivity contribution in [3.63, 3.8) is 0 Å². The first-order valence-corrected chi connectivity index (χ1v) is 6.22. The Balaban J connectivity index is 2.11. The Morgan fingerprint density at radius 2 is 1.88 bits per heavy atom. The summed E-state index contributed by atoms with van der Waals surface area (Å²) in [6.07, 6.45) is 0. The van der Waals surface area contributed by atoms with Crippen molar-refractivity contribution < 1.29 is 14.3 Å². The van der Waals surface area contributed by atoms with Crippen LogP contribution in [0.5, 0.6) is 0 Å². The lowest BCUT2D eigenvalue weighted by Crippen LogP contribution is -2.38. The van der Waals surface area contributed by atoms with Crippen molar-refractivity contribution in [3.8, 4) is 0 Å². The third-order valence-electron chi connectivity index (χ3n) is 1.87. The summed E-state index contributed by atoms with van der Waals surface area (Å²) >= 11 is 1.54. The molecule has 1 aromatic carbocycles. The summed E-state index contributed by atoms with van der Waals surface area (Å²) in [6, 6.07) is 5.92. The fraction of sp³-hybridized carbons (Fsp3) is 0.364. The van der Waals surface area contributed by atoms with Crippen molar-refractivity contribution in [1.82, 2.24) is 10.6 Å². The van der Waals surface area contributed by atoms with E-state index in [4.69, 9.17) is 5.11 Å². The standard InChI is InChI=1S/C11H15FN2O2S/c12-9-1-3-10(4-2-9)17-8-6-14-11(16)13-5-7-15/h1-4,15H,5-8H2,(H2,13,14,16). The summed E-state index contributed by atoms with van der Waals surface area (Å²) in [5.74, 6) is 0.453. The van der Waals surface area contributed by atoms with Crippen molar-refractivity contribution in [2.24, 2.45) is 0 Å². The highest BCUT2D eigenvalue weighted by atomic mass is 32.2. The van der Waals surface area contributed by atoms with E-state index in [9.17, 15) is 9.18 Å². The zero-order chi connectivity index (χ0) is 12.5. The van der Waals surface area contributed by atoms with Gasteiger partial charge < -0.3 is 15.7 Å². The molecule has 4 nitrogen and oxygen atoms in total. The molecule has 1 rings (SSSR count). The molecule has 0 fully saturated rings. The molecule has 0 unspecified atom stereocenters. The fourth-order valence-corrected chi connectivity index (χ4v) is 1.86. The van der Waals surface area contributed by atoms with Crippen molar-refractivity contribution in [2.45, 2.75) is 4.90 Å². The van der Waals surface area contributed by atoms with Gasteiger partial charge in [-0.3, -0.25) is 0 Å². The molecule has 0 bridgehead atoms. The van der Waals surface area contributed by atoms with Gasteiger partial charge in [0.2, 0.25) is 0 Å². The molecule has 0 aliphatic rings. The Morgan fingerprint density at radius 1 is 1.24 bits per heavy atom. The number of rotatable bonds is 6. The molecule has 3 N–H and O–H groups in total. The summed E-state index contributed by atoms with van der Waals surface area (Å²) in [5, 5.41) is 13.6. The summed E-state index contributed by atoms with van der Waals surface area (Å²) in [4.78, 5) is 12.0. The van der Waals surface area contributed by atoms with Crippen LogP contribution in [-0.4, -0.2) is 36.6 Å². The largest absolute Gasteiger partial charge is 0.395 e. The summed E-state index contributed by atoms with van der Waals surface area (Å²) in [6.45, 7) is 0.688. The monoisotopic (exact) mass is 258 g/mol. The van der Waals surface area contributed by atoms with Gasteiger partial charge in [-0.15, -0.1) is 11.8 Å². The van der Waals surface area contributed by atoms with Crippen molar-refractivity contribution in [2.75, 3.05) is 25.4 Å². The number of amides is 2. The molecule has 0 radical (unpaired) electrons. The van der Waals surface area contributed by atoms with E-state index in [1.54, 1.807) is 12.1 Å². The molecule has 0 heterocycles. The van der Waals surface area contributed by atoms with Gasteiger partial charge in [-0.1, -0.05) is 0 Å². The highest BCUT2D eigenvalue weighted by Gasteiger charge is 1.98. The Morgan fingerprint density at radius 3 is 2.53 bits per heavy atom. The number of hydrogen-bond acceptors (Lipinski definition) is 3. The topological polar surface area (TPSA) is 61.4 Å². The number of benzene rings is 1. The second-order valence-corrected chi connectivity index (χ2v) is 4.38. The number of carbonyl (C=O) groups excluding carboxylic acids is 1. The molecule has 0 saturated carbocycles. The Kier molecular flexibility index (Phi) is 6.42. The van der Waals surface area contributed by atoms with Crippen LogP contribution in [0.4, 0.5) is 9.18 Å². The number of hydrogen-bond donors (Lipinski definition) is 3. The minimum absolute atomic E-state index is 0.0717. The molecule has 94 valence electrons. The molecule has 2 amide bonds. The number of thioether (sulfide) groups is 1. The first kappa shape index (κ1) is 13.8. The van der Waals surface area contributed by atoms with Crippen LogP contribution in [0.25, 0.3) is 0 Å². The van der Waals surface area contributed by atoms with Crippen LogP contribution in [0.15, 0.2) is 29.2 Å². The van der Waals surface area contributed by atoms with Gasteiger partial charge in [0.15, 0.2) is 0 Å². The Hall–Kier alpha value is -1.27. The minimum atomic E-state index is -0.293. The second-order valence-electron chi connectivity index (χ2n) is 3.21. The maximum atomic E-state index is 12.6. The van der Waals surface area contributed by atoms with E-state index in [-0.39, 0.29) is 25.0 Å². The van der Waals surface area contributed by atoms with Gasteiger partial charge >= 0.3 is 6.03 Å². The highest BCUT2D eigenvalue weighted by molar-refractivity contribution is 7.99. The molecule has 0 aromatic heterocycles. The average Bonchev–Trinajstić information content (AvgIpc) is 2.34. The molecule has 6 heteroatoms. The van der Waals surface area contributed by atoms with Crippen LogP contribution in [0.1, 0.15) is 0 Å². The third-order valence-corrected chi connectivity index (χ3v) is 2.88. The van der Waals surface area contributed by atoms with Crippen LogP contribution in [0.2, 0.25) is 0 Å².